The third kappa shape index (κ3) is 2.05. The summed E-state index contributed by atoms with van der Waals surface area (Å²) in [6, 6.07) is 10.3. The molecule has 0 aliphatic heterocycles. The first-order valence-electron chi connectivity index (χ1n) is 4.08. The van der Waals surface area contributed by atoms with Crippen molar-refractivity contribution in [3.63, 3.8) is 0 Å². The summed E-state index contributed by atoms with van der Waals surface area (Å²) in [6.07, 6.45) is 1.06. The molecule has 0 amide bonds. The highest BCUT2D eigenvalue weighted by atomic mass is 14.5. The smallest absolute Gasteiger partial charge is 0.0169 e. The standard InChI is InChI=1S/C10H14N/c1-2-9(8-11)10-6-4-3-5-7-10/h3-7,9,11H,2,8H2,1H3. The maximum absolute atomic E-state index is 7.30. The maximum atomic E-state index is 7.30. The van der Waals surface area contributed by atoms with E-state index in [0.29, 0.717) is 12.5 Å². The number of nitrogens with one attached hydrogen (secondary N) is 1. The Balaban J connectivity index is 2.74. The first kappa shape index (κ1) is 8.28. The first-order valence-corrected chi connectivity index (χ1v) is 4.08. The zero-order valence-corrected chi connectivity index (χ0v) is 6.88. The van der Waals surface area contributed by atoms with Crippen molar-refractivity contribution in [2.45, 2.75) is 19.3 Å². The van der Waals surface area contributed by atoms with Crippen LogP contribution in [0.15, 0.2) is 30.3 Å². The molecule has 1 heteroatoms. The molecule has 0 aliphatic rings. The Morgan fingerprint density at radius 2 is 1.91 bits per heavy atom. The van der Waals surface area contributed by atoms with Crippen LogP contribution in [0.25, 0.3) is 0 Å². The van der Waals surface area contributed by atoms with E-state index in [1.165, 1.54) is 5.56 Å². The summed E-state index contributed by atoms with van der Waals surface area (Å²) in [7, 11) is 0. The zero-order valence-electron chi connectivity index (χ0n) is 6.88. The van der Waals surface area contributed by atoms with Gasteiger partial charge in [0.15, 0.2) is 0 Å². The average molecular weight is 148 g/mol. The molecular weight excluding hydrogens is 134 g/mol. The molecule has 0 bridgehead atoms. The summed E-state index contributed by atoms with van der Waals surface area (Å²) in [5.74, 6) is 0.427. The lowest BCUT2D eigenvalue weighted by Gasteiger charge is -2.10. The monoisotopic (exact) mass is 148 g/mol. The van der Waals surface area contributed by atoms with Crippen molar-refractivity contribution in [1.29, 1.82) is 0 Å². The molecule has 1 aromatic carbocycles. The van der Waals surface area contributed by atoms with Crippen molar-refractivity contribution in [2.24, 2.45) is 0 Å². The van der Waals surface area contributed by atoms with Gasteiger partial charge in [-0.1, -0.05) is 37.3 Å². The van der Waals surface area contributed by atoms with E-state index in [1.54, 1.807) is 0 Å². The van der Waals surface area contributed by atoms with Gasteiger partial charge in [0, 0.05) is 6.54 Å². The second-order valence-electron chi connectivity index (χ2n) is 2.72. The number of hydrogen-bond acceptors (Lipinski definition) is 0. The molecule has 0 fully saturated rings. The van der Waals surface area contributed by atoms with E-state index in [4.69, 9.17) is 5.73 Å². The van der Waals surface area contributed by atoms with Gasteiger partial charge < -0.3 is 0 Å². The second-order valence-corrected chi connectivity index (χ2v) is 2.72. The summed E-state index contributed by atoms with van der Waals surface area (Å²) in [5, 5.41) is 0. The Kier molecular flexibility index (Phi) is 3.12. The Bertz CT molecular complexity index is 189. The topological polar surface area (TPSA) is 23.8 Å². The van der Waals surface area contributed by atoms with Gasteiger partial charge in [0.25, 0.3) is 0 Å². The van der Waals surface area contributed by atoms with Crippen LogP contribution < -0.4 is 5.73 Å². The highest BCUT2D eigenvalue weighted by Crippen LogP contribution is 2.17. The van der Waals surface area contributed by atoms with E-state index in [0.717, 1.165) is 6.42 Å². The Morgan fingerprint density at radius 3 is 2.36 bits per heavy atom. The van der Waals surface area contributed by atoms with Crippen LogP contribution >= 0.6 is 0 Å². The molecule has 0 aromatic heterocycles. The van der Waals surface area contributed by atoms with Gasteiger partial charge in [0.2, 0.25) is 0 Å². The molecule has 59 valence electrons. The summed E-state index contributed by atoms with van der Waals surface area (Å²) in [6.45, 7) is 2.63. The van der Waals surface area contributed by atoms with Crippen LogP contribution in [0.1, 0.15) is 24.8 Å². The molecule has 0 heterocycles. The summed E-state index contributed by atoms with van der Waals surface area (Å²) in [5.41, 5.74) is 8.59. The molecule has 0 saturated carbocycles. The van der Waals surface area contributed by atoms with E-state index >= 15 is 0 Å². The molecule has 0 saturated heterocycles. The predicted octanol–water partition coefficient (Wildman–Crippen LogP) is 2.46. The fourth-order valence-electron chi connectivity index (χ4n) is 1.22. The van der Waals surface area contributed by atoms with Gasteiger partial charge in [-0.3, -0.25) is 5.73 Å². The molecular formula is C10H14N. The highest BCUT2D eigenvalue weighted by Gasteiger charge is 2.04. The minimum atomic E-state index is 0.427. The van der Waals surface area contributed by atoms with Gasteiger partial charge in [0.1, 0.15) is 0 Å². The van der Waals surface area contributed by atoms with Crippen molar-refractivity contribution in [3.8, 4) is 0 Å². The van der Waals surface area contributed by atoms with Crippen molar-refractivity contribution in [3.05, 3.63) is 35.9 Å². The lowest BCUT2D eigenvalue weighted by Crippen LogP contribution is -2.03. The normalized spacial score (nSPS) is 12.9. The molecule has 1 nitrogen and oxygen atoms in total. The van der Waals surface area contributed by atoms with Crippen LogP contribution in [0.3, 0.4) is 0 Å². The van der Waals surface area contributed by atoms with Crippen LogP contribution in [0.5, 0.6) is 0 Å². The van der Waals surface area contributed by atoms with Crippen LogP contribution in [0, 0.1) is 0 Å². The molecule has 1 radical (unpaired) electrons. The molecule has 1 unspecified atom stereocenters. The average Bonchev–Trinajstić information content (AvgIpc) is 2.09. The summed E-state index contributed by atoms with van der Waals surface area (Å²) >= 11 is 0. The fraction of sp³-hybridized carbons (Fsp3) is 0.400. The fourth-order valence-corrected chi connectivity index (χ4v) is 1.22. The number of benzene rings is 1. The van der Waals surface area contributed by atoms with Crippen molar-refractivity contribution in [1.82, 2.24) is 5.73 Å². The summed E-state index contributed by atoms with van der Waals surface area (Å²) in [4.78, 5) is 0. The summed E-state index contributed by atoms with van der Waals surface area (Å²) < 4.78 is 0. The quantitative estimate of drug-likeness (QED) is 0.628. The van der Waals surface area contributed by atoms with Crippen molar-refractivity contribution >= 4 is 0 Å². The van der Waals surface area contributed by atoms with Gasteiger partial charge in [-0.2, -0.15) is 0 Å². The Hall–Kier alpha value is -0.820. The molecule has 1 atom stereocenters. The van der Waals surface area contributed by atoms with E-state index in [9.17, 15) is 0 Å². The van der Waals surface area contributed by atoms with E-state index in [1.807, 2.05) is 18.2 Å². The van der Waals surface area contributed by atoms with E-state index in [-0.39, 0.29) is 0 Å². The number of rotatable bonds is 3. The third-order valence-corrected chi connectivity index (χ3v) is 2.01. The van der Waals surface area contributed by atoms with Gasteiger partial charge in [0.05, 0.1) is 0 Å². The van der Waals surface area contributed by atoms with Gasteiger partial charge in [-0.15, -0.1) is 0 Å². The molecule has 1 aromatic rings. The molecule has 1 N–H and O–H groups in total. The van der Waals surface area contributed by atoms with Crippen molar-refractivity contribution in [2.75, 3.05) is 6.54 Å². The minimum absolute atomic E-state index is 0.427. The van der Waals surface area contributed by atoms with Gasteiger partial charge in [-0.25, -0.2) is 0 Å². The third-order valence-electron chi connectivity index (χ3n) is 2.01. The van der Waals surface area contributed by atoms with Gasteiger partial charge >= 0.3 is 0 Å². The largest absolute Gasteiger partial charge is 0.257 e. The molecule has 11 heavy (non-hydrogen) atoms. The Labute approximate surface area is 68.2 Å². The van der Waals surface area contributed by atoms with Crippen LogP contribution in [0.2, 0.25) is 0 Å². The SMILES string of the molecule is CCC(C[NH])c1ccccc1. The molecule has 0 spiro atoms. The maximum Gasteiger partial charge on any atom is 0.0169 e. The predicted molar refractivity (Wildman–Crippen MR) is 47.4 cm³/mol. The zero-order chi connectivity index (χ0) is 8.10. The van der Waals surface area contributed by atoms with Crippen LogP contribution in [-0.4, -0.2) is 6.54 Å². The van der Waals surface area contributed by atoms with Crippen molar-refractivity contribution < 1.29 is 0 Å². The highest BCUT2D eigenvalue weighted by molar-refractivity contribution is 5.19. The van der Waals surface area contributed by atoms with Crippen LogP contribution in [0.4, 0.5) is 0 Å². The first-order chi connectivity index (χ1) is 5.38. The lowest BCUT2D eigenvalue weighted by atomic mass is 9.97. The molecule has 1 rings (SSSR count). The van der Waals surface area contributed by atoms with Crippen LogP contribution in [-0.2, 0) is 0 Å². The van der Waals surface area contributed by atoms with Gasteiger partial charge in [-0.05, 0) is 17.9 Å². The number of hydrogen-bond donors (Lipinski definition) is 0. The Morgan fingerprint density at radius 1 is 1.27 bits per heavy atom. The van der Waals surface area contributed by atoms with E-state index < -0.39 is 0 Å². The molecule has 0 aliphatic carbocycles. The van der Waals surface area contributed by atoms with E-state index in [2.05, 4.69) is 19.1 Å². The lowest BCUT2D eigenvalue weighted by molar-refractivity contribution is 0.664. The second kappa shape index (κ2) is 4.14. The minimum Gasteiger partial charge on any atom is -0.257 e.